The third-order valence-corrected chi connectivity index (χ3v) is 7.13. The van der Waals surface area contributed by atoms with E-state index >= 15 is 0 Å². The Morgan fingerprint density at radius 3 is 2.76 bits per heavy atom. The number of nitrogens with zero attached hydrogens (tertiary/aromatic N) is 2. The fourth-order valence-corrected chi connectivity index (χ4v) is 5.94. The Hall–Kier alpha value is -2.60. The first-order valence-electron chi connectivity index (χ1n) is 10.3. The van der Waals surface area contributed by atoms with E-state index in [1.54, 1.807) is 17.4 Å². The van der Waals surface area contributed by atoms with Crippen LogP contribution in [0.5, 0.6) is 0 Å². The lowest BCUT2D eigenvalue weighted by molar-refractivity contribution is 0.130. The van der Waals surface area contributed by atoms with Crippen LogP contribution in [-0.2, 0) is 6.54 Å². The van der Waals surface area contributed by atoms with E-state index in [4.69, 9.17) is 0 Å². The monoisotopic (exact) mass is 407 g/mol. The van der Waals surface area contributed by atoms with Crippen LogP contribution in [0.3, 0.4) is 0 Å². The molecule has 1 saturated heterocycles. The van der Waals surface area contributed by atoms with E-state index in [-0.39, 0.29) is 23.6 Å². The summed E-state index contributed by atoms with van der Waals surface area (Å²) in [7, 11) is 0. The van der Waals surface area contributed by atoms with Gasteiger partial charge < -0.3 is 14.8 Å². The maximum atomic E-state index is 12.7. The Bertz CT molecular complexity index is 1110. The third kappa shape index (κ3) is 3.25. The van der Waals surface area contributed by atoms with Gasteiger partial charge in [-0.3, -0.25) is 4.79 Å². The number of urea groups is 1. The van der Waals surface area contributed by atoms with Gasteiger partial charge in [-0.2, -0.15) is 0 Å². The van der Waals surface area contributed by atoms with Crippen LogP contribution in [0, 0.1) is 5.92 Å². The van der Waals surface area contributed by atoms with Gasteiger partial charge in [0, 0.05) is 58.5 Å². The summed E-state index contributed by atoms with van der Waals surface area (Å²) < 4.78 is 3.22. The van der Waals surface area contributed by atoms with Crippen LogP contribution in [0.4, 0.5) is 4.79 Å². The SMILES string of the molecule is CC(C)NC(=O)N1CC2CC(C1)c1c(-c3cc4ccccc4s3)ccc(=O)n1C2. The molecule has 2 atom stereocenters. The van der Waals surface area contributed by atoms with E-state index in [1.807, 2.05) is 29.4 Å². The number of aromatic nitrogens is 1. The molecule has 5 rings (SSSR count). The zero-order chi connectivity index (χ0) is 20.1. The first-order valence-corrected chi connectivity index (χ1v) is 11.1. The van der Waals surface area contributed by atoms with Crippen molar-refractivity contribution < 1.29 is 4.79 Å². The Morgan fingerprint density at radius 1 is 1.14 bits per heavy atom. The molecule has 0 aliphatic carbocycles. The van der Waals surface area contributed by atoms with Crippen molar-refractivity contribution in [3.8, 4) is 10.4 Å². The van der Waals surface area contributed by atoms with Crippen LogP contribution in [-0.4, -0.2) is 34.6 Å². The molecule has 2 amide bonds. The maximum Gasteiger partial charge on any atom is 0.317 e. The van der Waals surface area contributed by atoms with Gasteiger partial charge in [-0.15, -0.1) is 11.3 Å². The van der Waals surface area contributed by atoms with Gasteiger partial charge in [0.15, 0.2) is 0 Å². The molecule has 1 N–H and O–H groups in total. The van der Waals surface area contributed by atoms with E-state index in [9.17, 15) is 9.59 Å². The number of rotatable bonds is 2. The van der Waals surface area contributed by atoms with Gasteiger partial charge in [0.2, 0.25) is 0 Å². The lowest BCUT2D eigenvalue weighted by Crippen LogP contribution is -2.53. The van der Waals surface area contributed by atoms with Crippen molar-refractivity contribution in [1.82, 2.24) is 14.8 Å². The number of piperidine rings is 1. The zero-order valence-corrected chi connectivity index (χ0v) is 17.5. The van der Waals surface area contributed by atoms with E-state index in [0.29, 0.717) is 25.6 Å². The van der Waals surface area contributed by atoms with Crippen LogP contribution in [0.1, 0.15) is 31.9 Å². The van der Waals surface area contributed by atoms with E-state index in [1.165, 1.54) is 15.0 Å². The molecular formula is C23H25N3O2S. The van der Waals surface area contributed by atoms with E-state index < -0.39 is 0 Å². The van der Waals surface area contributed by atoms with Crippen molar-refractivity contribution in [3.63, 3.8) is 0 Å². The van der Waals surface area contributed by atoms with Crippen LogP contribution >= 0.6 is 11.3 Å². The molecule has 2 aliphatic rings. The second-order valence-electron chi connectivity index (χ2n) is 8.54. The van der Waals surface area contributed by atoms with Gasteiger partial charge in [-0.1, -0.05) is 18.2 Å². The van der Waals surface area contributed by atoms with Crippen LogP contribution in [0.15, 0.2) is 47.3 Å². The molecule has 3 aromatic rings. The normalized spacial score (nSPS) is 20.7. The maximum absolute atomic E-state index is 12.7. The molecule has 5 nitrogen and oxygen atoms in total. The van der Waals surface area contributed by atoms with Gasteiger partial charge >= 0.3 is 6.03 Å². The Labute approximate surface area is 174 Å². The van der Waals surface area contributed by atoms with E-state index in [2.05, 4.69) is 35.6 Å². The molecule has 29 heavy (non-hydrogen) atoms. The van der Waals surface area contributed by atoms with Gasteiger partial charge in [-0.05, 0) is 49.8 Å². The smallest absolute Gasteiger partial charge is 0.317 e. The lowest BCUT2D eigenvalue weighted by atomic mass is 9.81. The highest BCUT2D eigenvalue weighted by Crippen LogP contribution is 2.42. The quantitative estimate of drug-likeness (QED) is 0.690. The van der Waals surface area contributed by atoms with Crippen LogP contribution < -0.4 is 10.9 Å². The molecule has 150 valence electrons. The number of fused-ring (bicyclic) bond motifs is 5. The molecular weight excluding hydrogens is 382 g/mol. The van der Waals surface area contributed by atoms with Gasteiger partial charge in [-0.25, -0.2) is 4.79 Å². The number of carbonyl (C=O) groups is 1. The number of likely N-dealkylation sites (tertiary alicyclic amines) is 1. The summed E-state index contributed by atoms with van der Waals surface area (Å²) >= 11 is 1.77. The number of nitrogens with one attached hydrogen (secondary N) is 1. The van der Waals surface area contributed by atoms with Gasteiger partial charge in [0.05, 0.1) is 0 Å². The highest BCUT2D eigenvalue weighted by atomic mass is 32.1. The number of hydrogen-bond donors (Lipinski definition) is 1. The first-order chi connectivity index (χ1) is 14.0. The number of thiophene rings is 1. The van der Waals surface area contributed by atoms with Crippen molar-refractivity contribution >= 4 is 27.5 Å². The summed E-state index contributed by atoms with van der Waals surface area (Å²) in [5, 5.41) is 4.25. The molecule has 1 fully saturated rings. The average Bonchev–Trinajstić information content (AvgIpc) is 3.12. The topological polar surface area (TPSA) is 54.3 Å². The van der Waals surface area contributed by atoms with Crippen molar-refractivity contribution in [2.24, 2.45) is 5.92 Å². The standard InChI is InChI=1S/C23H25N3O2S/c1-14(2)24-23(28)25-11-15-9-17(13-25)22-18(7-8-21(27)26(22)12-15)20-10-16-5-3-4-6-19(16)29-20/h3-8,10,14-15,17H,9,11-13H2,1-2H3,(H,24,28). The third-order valence-electron chi connectivity index (χ3n) is 5.98. The molecule has 0 saturated carbocycles. The summed E-state index contributed by atoms with van der Waals surface area (Å²) in [6.07, 6.45) is 1.03. The number of benzene rings is 1. The van der Waals surface area contributed by atoms with Crippen molar-refractivity contribution in [1.29, 1.82) is 0 Å². The second kappa shape index (κ2) is 7.02. The minimum Gasteiger partial charge on any atom is -0.336 e. The summed E-state index contributed by atoms with van der Waals surface area (Å²) in [4.78, 5) is 28.5. The number of carbonyl (C=O) groups excluding carboxylic acids is 1. The van der Waals surface area contributed by atoms with Crippen molar-refractivity contribution in [3.05, 3.63) is 58.5 Å². The highest BCUT2D eigenvalue weighted by Gasteiger charge is 2.38. The van der Waals surface area contributed by atoms with Crippen LogP contribution in [0.2, 0.25) is 0 Å². The second-order valence-corrected chi connectivity index (χ2v) is 9.62. The molecule has 2 bridgehead atoms. The summed E-state index contributed by atoms with van der Waals surface area (Å²) in [6.45, 7) is 6.04. The minimum absolute atomic E-state index is 0.00448. The Kier molecular flexibility index (Phi) is 4.46. The van der Waals surface area contributed by atoms with Gasteiger partial charge in [0.25, 0.3) is 5.56 Å². The molecule has 1 aromatic carbocycles. The lowest BCUT2D eigenvalue weighted by Gasteiger charge is -2.43. The largest absolute Gasteiger partial charge is 0.336 e. The Morgan fingerprint density at radius 2 is 1.97 bits per heavy atom. The average molecular weight is 408 g/mol. The van der Waals surface area contributed by atoms with Gasteiger partial charge in [0.1, 0.15) is 0 Å². The first kappa shape index (κ1) is 18.4. The molecule has 6 heteroatoms. The number of hydrogen-bond acceptors (Lipinski definition) is 3. The van der Waals surface area contributed by atoms with Crippen LogP contribution in [0.25, 0.3) is 20.5 Å². The summed E-state index contributed by atoms with van der Waals surface area (Å²) in [6, 6.07) is 14.4. The minimum atomic E-state index is 0.00448. The molecule has 0 radical (unpaired) electrons. The fraction of sp³-hybridized carbons (Fsp3) is 0.391. The molecule has 2 aromatic heterocycles. The highest BCUT2D eigenvalue weighted by molar-refractivity contribution is 7.22. The Balaban J connectivity index is 1.57. The van der Waals surface area contributed by atoms with Crippen molar-refractivity contribution in [2.75, 3.05) is 13.1 Å². The zero-order valence-electron chi connectivity index (χ0n) is 16.7. The van der Waals surface area contributed by atoms with Crippen molar-refractivity contribution in [2.45, 2.75) is 38.8 Å². The summed E-state index contributed by atoms with van der Waals surface area (Å²) in [5.41, 5.74) is 2.31. The predicted molar refractivity (Wildman–Crippen MR) is 118 cm³/mol. The molecule has 2 unspecified atom stereocenters. The fourth-order valence-electron chi connectivity index (χ4n) is 4.84. The molecule has 2 aliphatic heterocycles. The molecule has 0 spiro atoms. The predicted octanol–water partition coefficient (Wildman–Crippen LogP) is 4.27. The summed E-state index contributed by atoms with van der Waals surface area (Å²) in [5.74, 6) is 0.518. The molecule has 4 heterocycles. The number of amides is 2. The number of pyridine rings is 1. The van der Waals surface area contributed by atoms with E-state index in [0.717, 1.165) is 17.7 Å².